The Hall–Kier alpha value is -1.02. The van der Waals surface area contributed by atoms with Crippen LogP contribution >= 0.6 is 23.2 Å². The fraction of sp³-hybridized carbons (Fsp3) is 0.400. The summed E-state index contributed by atoms with van der Waals surface area (Å²) in [5, 5.41) is 1.52. The summed E-state index contributed by atoms with van der Waals surface area (Å²) in [5.41, 5.74) is 2.20. The molecule has 3 heteroatoms. The molecule has 1 nitrogen and oxygen atoms in total. The van der Waals surface area contributed by atoms with Crippen LogP contribution in [0.25, 0.3) is 0 Å². The van der Waals surface area contributed by atoms with E-state index >= 15 is 0 Å². The SMILES string of the molecule is CC(C)(COCC(C)(C)c1cccc(Cl)c1)c1cccc(Cl)c1. The van der Waals surface area contributed by atoms with Crippen LogP contribution in [0, 0.1) is 0 Å². The molecule has 23 heavy (non-hydrogen) atoms. The number of hydrogen-bond donors (Lipinski definition) is 0. The third-order valence-corrected chi connectivity index (χ3v) is 4.61. The molecule has 0 aliphatic rings. The van der Waals surface area contributed by atoms with Crippen LogP contribution in [-0.4, -0.2) is 13.2 Å². The van der Waals surface area contributed by atoms with Crippen molar-refractivity contribution in [3.8, 4) is 0 Å². The smallest absolute Gasteiger partial charge is 0.0558 e. The Morgan fingerprint density at radius 2 is 1.13 bits per heavy atom. The molecule has 0 spiro atoms. The van der Waals surface area contributed by atoms with E-state index in [1.807, 2.05) is 36.4 Å². The molecule has 0 saturated carbocycles. The minimum atomic E-state index is -0.0880. The molecule has 0 unspecified atom stereocenters. The summed E-state index contributed by atoms with van der Waals surface area (Å²) >= 11 is 12.2. The first-order chi connectivity index (χ1) is 10.7. The molecule has 0 N–H and O–H groups in total. The lowest BCUT2D eigenvalue weighted by atomic mass is 9.84. The minimum absolute atomic E-state index is 0.0880. The molecular formula is C20H24Cl2O. The van der Waals surface area contributed by atoms with E-state index < -0.39 is 0 Å². The van der Waals surface area contributed by atoms with E-state index in [0.717, 1.165) is 10.0 Å². The van der Waals surface area contributed by atoms with Crippen LogP contribution in [0.2, 0.25) is 10.0 Å². The van der Waals surface area contributed by atoms with E-state index in [1.54, 1.807) is 0 Å². The normalized spacial score (nSPS) is 12.4. The average Bonchev–Trinajstić information content (AvgIpc) is 2.47. The maximum absolute atomic E-state index is 6.10. The van der Waals surface area contributed by atoms with Gasteiger partial charge in [-0.2, -0.15) is 0 Å². The van der Waals surface area contributed by atoms with Gasteiger partial charge in [-0.25, -0.2) is 0 Å². The summed E-state index contributed by atoms with van der Waals surface area (Å²) in [5.74, 6) is 0. The van der Waals surface area contributed by atoms with E-state index in [2.05, 4.69) is 39.8 Å². The van der Waals surface area contributed by atoms with Gasteiger partial charge in [0.1, 0.15) is 0 Å². The number of benzene rings is 2. The van der Waals surface area contributed by atoms with Crippen LogP contribution in [0.5, 0.6) is 0 Å². The van der Waals surface area contributed by atoms with Gasteiger partial charge < -0.3 is 4.74 Å². The van der Waals surface area contributed by atoms with Crippen molar-refractivity contribution < 1.29 is 4.74 Å². The van der Waals surface area contributed by atoms with Crippen molar-refractivity contribution >= 4 is 23.2 Å². The molecule has 0 radical (unpaired) electrons. The molecule has 2 aromatic carbocycles. The van der Waals surface area contributed by atoms with Gasteiger partial charge in [-0.15, -0.1) is 0 Å². The second-order valence-electron chi connectivity index (χ2n) is 7.28. The highest BCUT2D eigenvalue weighted by molar-refractivity contribution is 6.30. The lowest BCUT2D eigenvalue weighted by Crippen LogP contribution is -2.30. The highest BCUT2D eigenvalue weighted by atomic mass is 35.5. The number of ether oxygens (including phenoxy) is 1. The summed E-state index contributed by atoms with van der Waals surface area (Å²) in [7, 11) is 0. The fourth-order valence-corrected chi connectivity index (χ4v) is 2.93. The van der Waals surface area contributed by atoms with Crippen molar-refractivity contribution in [1.29, 1.82) is 0 Å². The number of halogens is 2. The molecule has 0 aliphatic carbocycles. The minimum Gasteiger partial charge on any atom is -0.380 e. The third-order valence-electron chi connectivity index (χ3n) is 4.14. The summed E-state index contributed by atoms with van der Waals surface area (Å²) in [6, 6.07) is 16.0. The number of rotatable bonds is 6. The van der Waals surface area contributed by atoms with Gasteiger partial charge in [0, 0.05) is 20.9 Å². The van der Waals surface area contributed by atoms with Gasteiger partial charge in [-0.3, -0.25) is 0 Å². The fourth-order valence-electron chi connectivity index (χ4n) is 2.55. The number of hydrogen-bond acceptors (Lipinski definition) is 1. The molecular weight excluding hydrogens is 327 g/mol. The van der Waals surface area contributed by atoms with Crippen LogP contribution in [0.1, 0.15) is 38.8 Å². The predicted molar refractivity (Wildman–Crippen MR) is 99.8 cm³/mol. The zero-order valence-corrected chi connectivity index (χ0v) is 15.7. The standard InChI is InChI=1S/C20H24Cl2O/c1-19(2,15-7-5-9-17(21)11-15)13-23-14-20(3,4)16-8-6-10-18(22)12-16/h5-12H,13-14H2,1-4H3. The van der Waals surface area contributed by atoms with Crippen molar-refractivity contribution in [2.75, 3.05) is 13.2 Å². The van der Waals surface area contributed by atoms with Crippen LogP contribution in [0.15, 0.2) is 48.5 Å². The highest BCUT2D eigenvalue weighted by Crippen LogP contribution is 2.29. The Bertz CT molecular complexity index is 605. The van der Waals surface area contributed by atoms with E-state index in [-0.39, 0.29) is 10.8 Å². The van der Waals surface area contributed by atoms with E-state index in [0.29, 0.717) is 13.2 Å². The van der Waals surface area contributed by atoms with Crippen LogP contribution in [-0.2, 0) is 15.6 Å². The maximum Gasteiger partial charge on any atom is 0.0558 e. The van der Waals surface area contributed by atoms with Gasteiger partial charge in [-0.05, 0) is 35.4 Å². The zero-order chi connectivity index (χ0) is 17.1. The van der Waals surface area contributed by atoms with Crippen LogP contribution in [0.3, 0.4) is 0 Å². The van der Waals surface area contributed by atoms with E-state index in [9.17, 15) is 0 Å². The third kappa shape index (κ3) is 4.97. The van der Waals surface area contributed by atoms with Gasteiger partial charge in [0.25, 0.3) is 0 Å². The van der Waals surface area contributed by atoms with Crippen LogP contribution < -0.4 is 0 Å². The largest absolute Gasteiger partial charge is 0.380 e. The molecule has 0 atom stereocenters. The van der Waals surface area contributed by atoms with Crippen molar-refractivity contribution in [1.82, 2.24) is 0 Å². The van der Waals surface area contributed by atoms with Crippen molar-refractivity contribution in [2.24, 2.45) is 0 Å². The van der Waals surface area contributed by atoms with Gasteiger partial charge >= 0.3 is 0 Å². The Morgan fingerprint density at radius 3 is 1.48 bits per heavy atom. The Kier molecular flexibility index (Phi) is 5.78. The topological polar surface area (TPSA) is 9.23 Å². The molecule has 0 aromatic heterocycles. The first-order valence-corrected chi connectivity index (χ1v) is 8.56. The van der Waals surface area contributed by atoms with Gasteiger partial charge in [0.15, 0.2) is 0 Å². The van der Waals surface area contributed by atoms with E-state index in [4.69, 9.17) is 27.9 Å². The predicted octanol–water partition coefficient (Wildman–Crippen LogP) is 6.27. The van der Waals surface area contributed by atoms with Crippen LogP contribution in [0.4, 0.5) is 0 Å². The second-order valence-corrected chi connectivity index (χ2v) is 8.15. The quantitative estimate of drug-likeness (QED) is 0.596. The van der Waals surface area contributed by atoms with Crippen molar-refractivity contribution in [3.63, 3.8) is 0 Å². The summed E-state index contributed by atoms with van der Waals surface area (Å²) in [4.78, 5) is 0. The Morgan fingerprint density at radius 1 is 0.739 bits per heavy atom. The molecule has 0 amide bonds. The Labute approximate surface area is 149 Å². The molecule has 0 heterocycles. The lowest BCUT2D eigenvalue weighted by molar-refractivity contribution is 0.0634. The van der Waals surface area contributed by atoms with E-state index in [1.165, 1.54) is 11.1 Å². The molecule has 0 saturated heterocycles. The zero-order valence-electron chi connectivity index (χ0n) is 14.2. The van der Waals surface area contributed by atoms with Gasteiger partial charge in [0.2, 0.25) is 0 Å². The molecule has 0 aliphatic heterocycles. The summed E-state index contributed by atoms with van der Waals surface area (Å²) in [6.45, 7) is 9.96. The first-order valence-electron chi connectivity index (χ1n) is 7.81. The monoisotopic (exact) mass is 350 g/mol. The molecule has 2 rings (SSSR count). The van der Waals surface area contributed by atoms with Crippen molar-refractivity contribution in [2.45, 2.75) is 38.5 Å². The molecule has 0 bridgehead atoms. The first kappa shape index (κ1) is 18.3. The summed E-state index contributed by atoms with van der Waals surface area (Å²) in [6.07, 6.45) is 0. The molecule has 124 valence electrons. The van der Waals surface area contributed by atoms with Gasteiger partial charge in [0.05, 0.1) is 13.2 Å². The second kappa shape index (κ2) is 7.25. The Balaban J connectivity index is 2.00. The maximum atomic E-state index is 6.10. The van der Waals surface area contributed by atoms with Gasteiger partial charge in [-0.1, -0.05) is 75.2 Å². The molecule has 0 fully saturated rings. The molecule has 2 aromatic rings. The average molecular weight is 351 g/mol. The lowest BCUT2D eigenvalue weighted by Gasteiger charge is -2.30. The highest BCUT2D eigenvalue weighted by Gasteiger charge is 2.25. The summed E-state index contributed by atoms with van der Waals surface area (Å²) < 4.78 is 6.07. The van der Waals surface area contributed by atoms with Crippen molar-refractivity contribution in [3.05, 3.63) is 69.7 Å².